The summed E-state index contributed by atoms with van der Waals surface area (Å²) in [6, 6.07) is 6.94. The molecule has 146 valence electrons. The smallest absolute Gasteiger partial charge is 0.410 e. The summed E-state index contributed by atoms with van der Waals surface area (Å²) < 4.78 is 5.24. The molecule has 0 radical (unpaired) electrons. The lowest BCUT2D eigenvalue weighted by Gasteiger charge is -2.24. The number of carboxylic acid groups (broad SMARTS) is 2. The van der Waals surface area contributed by atoms with Crippen LogP contribution in [0, 0.1) is 0 Å². The van der Waals surface area contributed by atoms with Crippen LogP contribution in [0.15, 0.2) is 30.3 Å². The Labute approximate surface area is 155 Å². The first-order chi connectivity index (χ1) is 12.9. The van der Waals surface area contributed by atoms with Crippen molar-refractivity contribution in [1.29, 1.82) is 0 Å². The first-order valence-electron chi connectivity index (χ1n) is 8.60. The summed E-state index contributed by atoms with van der Waals surface area (Å²) in [5.41, 5.74) is 0.811. The molecule has 1 aliphatic heterocycles. The standard InChI is InChI=1S/C18H22N2O7/c21-15(22)9-8-13(17(24)25)19-16(23)14-7-4-10-20(14)18(26)27-11-12-5-2-1-3-6-12/h1-3,5-6,13-14H,4,7-11H2,(H,19,23)(H,21,22)(H,24,25)/t13-,14+/m0/s1. The topological polar surface area (TPSA) is 133 Å². The van der Waals surface area contributed by atoms with Gasteiger partial charge in [-0.05, 0) is 24.8 Å². The summed E-state index contributed by atoms with van der Waals surface area (Å²) in [5.74, 6) is -3.09. The molecule has 2 atom stereocenters. The van der Waals surface area contributed by atoms with Crippen LogP contribution in [0.4, 0.5) is 4.79 Å². The summed E-state index contributed by atoms with van der Waals surface area (Å²) in [4.78, 5) is 47.8. The monoisotopic (exact) mass is 378 g/mol. The average molecular weight is 378 g/mol. The zero-order valence-corrected chi connectivity index (χ0v) is 14.7. The van der Waals surface area contributed by atoms with Gasteiger partial charge in [0.2, 0.25) is 5.91 Å². The molecule has 1 heterocycles. The van der Waals surface area contributed by atoms with Crippen LogP contribution < -0.4 is 5.32 Å². The van der Waals surface area contributed by atoms with Gasteiger partial charge in [0.05, 0.1) is 0 Å². The summed E-state index contributed by atoms with van der Waals surface area (Å²) in [5, 5.41) is 20.2. The van der Waals surface area contributed by atoms with Gasteiger partial charge in [0.15, 0.2) is 0 Å². The second-order valence-electron chi connectivity index (χ2n) is 6.22. The van der Waals surface area contributed by atoms with E-state index in [4.69, 9.17) is 14.9 Å². The third-order valence-electron chi connectivity index (χ3n) is 4.26. The molecule has 1 fully saturated rings. The van der Waals surface area contributed by atoms with E-state index in [2.05, 4.69) is 5.32 Å². The van der Waals surface area contributed by atoms with Crippen LogP contribution >= 0.6 is 0 Å². The minimum Gasteiger partial charge on any atom is -0.481 e. The fourth-order valence-electron chi connectivity index (χ4n) is 2.85. The van der Waals surface area contributed by atoms with E-state index in [9.17, 15) is 19.2 Å². The van der Waals surface area contributed by atoms with Crippen LogP contribution in [0.25, 0.3) is 0 Å². The van der Waals surface area contributed by atoms with Crippen molar-refractivity contribution in [1.82, 2.24) is 10.2 Å². The molecule has 1 aromatic carbocycles. The predicted molar refractivity (Wildman–Crippen MR) is 92.8 cm³/mol. The van der Waals surface area contributed by atoms with Crippen LogP contribution in [0.2, 0.25) is 0 Å². The maximum atomic E-state index is 12.4. The molecule has 9 nitrogen and oxygen atoms in total. The van der Waals surface area contributed by atoms with Crippen molar-refractivity contribution in [2.75, 3.05) is 6.54 Å². The second kappa shape index (κ2) is 9.56. The number of nitrogens with zero attached hydrogens (tertiary/aromatic N) is 1. The number of aliphatic carboxylic acids is 2. The molecule has 2 amide bonds. The van der Waals surface area contributed by atoms with Crippen molar-refractivity contribution in [2.45, 2.75) is 44.4 Å². The average Bonchev–Trinajstić information content (AvgIpc) is 3.13. The molecule has 1 aliphatic rings. The highest BCUT2D eigenvalue weighted by Crippen LogP contribution is 2.19. The number of carboxylic acids is 2. The van der Waals surface area contributed by atoms with Crippen molar-refractivity contribution in [2.24, 2.45) is 0 Å². The first-order valence-corrected chi connectivity index (χ1v) is 8.60. The third kappa shape index (κ3) is 5.98. The molecule has 0 bridgehead atoms. The van der Waals surface area contributed by atoms with Crippen molar-refractivity contribution in [3.63, 3.8) is 0 Å². The molecule has 2 rings (SSSR count). The number of benzene rings is 1. The zero-order valence-electron chi connectivity index (χ0n) is 14.7. The highest BCUT2D eigenvalue weighted by molar-refractivity contribution is 5.89. The Hall–Kier alpha value is -3.10. The van der Waals surface area contributed by atoms with Crippen LogP contribution in [0.1, 0.15) is 31.2 Å². The number of carbonyl (C=O) groups excluding carboxylic acids is 2. The van der Waals surface area contributed by atoms with Gasteiger partial charge in [-0.1, -0.05) is 30.3 Å². The van der Waals surface area contributed by atoms with E-state index in [0.717, 1.165) is 5.56 Å². The molecular formula is C18H22N2O7. The molecule has 3 N–H and O–H groups in total. The minimum atomic E-state index is -1.32. The van der Waals surface area contributed by atoms with Gasteiger partial charge in [-0.25, -0.2) is 9.59 Å². The van der Waals surface area contributed by atoms with Gasteiger partial charge in [-0.15, -0.1) is 0 Å². The number of carbonyl (C=O) groups is 4. The molecule has 0 saturated carbocycles. The van der Waals surface area contributed by atoms with E-state index < -0.39 is 36.0 Å². The van der Waals surface area contributed by atoms with Crippen molar-refractivity contribution in [3.05, 3.63) is 35.9 Å². The Morgan fingerprint density at radius 1 is 1.19 bits per heavy atom. The molecule has 0 unspecified atom stereocenters. The first kappa shape index (κ1) is 20.2. The minimum absolute atomic E-state index is 0.0703. The third-order valence-corrected chi connectivity index (χ3v) is 4.26. The van der Waals surface area contributed by atoms with E-state index in [1.807, 2.05) is 18.2 Å². The van der Waals surface area contributed by atoms with Gasteiger partial charge >= 0.3 is 18.0 Å². The molecule has 0 spiro atoms. The quantitative estimate of drug-likeness (QED) is 0.619. The Kier molecular flexibility index (Phi) is 7.16. The molecule has 1 saturated heterocycles. The Balaban J connectivity index is 1.92. The van der Waals surface area contributed by atoms with E-state index in [1.54, 1.807) is 12.1 Å². The summed E-state index contributed by atoms with van der Waals surface area (Å²) >= 11 is 0. The fourth-order valence-corrected chi connectivity index (χ4v) is 2.85. The lowest BCUT2D eigenvalue weighted by Crippen LogP contribution is -2.51. The van der Waals surface area contributed by atoms with E-state index in [-0.39, 0.29) is 19.4 Å². The Morgan fingerprint density at radius 2 is 1.89 bits per heavy atom. The summed E-state index contributed by atoms with van der Waals surface area (Å²) in [7, 11) is 0. The van der Waals surface area contributed by atoms with Crippen LogP contribution in [0.5, 0.6) is 0 Å². The lowest BCUT2D eigenvalue weighted by molar-refractivity contribution is -0.143. The van der Waals surface area contributed by atoms with E-state index >= 15 is 0 Å². The van der Waals surface area contributed by atoms with Crippen molar-refractivity contribution < 1.29 is 34.1 Å². The maximum absolute atomic E-state index is 12.4. The predicted octanol–water partition coefficient (Wildman–Crippen LogP) is 1.22. The molecular weight excluding hydrogens is 356 g/mol. The van der Waals surface area contributed by atoms with Crippen LogP contribution in [-0.4, -0.2) is 57.7 Å². The van der Waals surface area contributed by atoms with E-state index in [0.29, 0.717) is 19.4 Å². The normalized spacial score (nSPS) is 17.2. The number of likely N-dealkylation sites (tertiary alicyclic amines) is 1. The number of rotatable bonds is 8. The Morgan fingerprint density at radius 3 is 2.52 bits per heavy atom. The SMILES string of the molecule is O=C(O)CC[C@H](NC(=O)[C@H]1CCCN1C(=O)OCc1ccccc1)C(=O)O. The van der Waals surface area contributed by atoms with Gasteiger partial charge in [-0.2, -0.15) is 0 Å². The second-order valence-corrected chi connectivity index (χ2v) is 6.22. The summed E-state index contributed by atoms with van der Waals surface area (Å²) in [6.45, 7) is 0.402. The van der Waals surface area contributed by atoms with Crippen LogP contribution in [-0.2, 0) is 25.7 Å². The van der Waals surface area contributed by atoms with Gasteiger partial charge in [0.1, 0.15) is 18.7 Å². The van der Waals surface area contributed by atoms with Gasteiger partial charge in [0, 0.05) is 13.0 Å². The largest absolute Gasteiger partial charge is 0.481 e. The molecule has 27 heavy (non-hydrogen) atoms. The number of hydrogen-bond acceptors (Lipinski definition) is 5. The van der Waals surface area contributed by atoms with Gasteiger partial charge < -0.3 is 20.3 Å². The summed E-state index contributed by atoms with van der Waals surface area (Å²) in [6.07, 6.45) is -0.288. The lowest BCUT2D eigenvalue weighted by atomic mass is 10.1. The fraction of sp³-hybridized carbons (Fsp3) is 0.444. The number of amides is 2. The maximum Gasteiger partial charge on any atom is 0.410 e. The highest BCUT2D eigenvalue weighted by Gasteiger charge is 2.36. The number of ether oxygens (including phenoxy) is 1. The molecule has 0 aliphatic carbocycles. The van der Waals surface area contributed by atoms with Crippen molar-refractivity contribution >= 4 is 23.9 Å². The van der Waals surface area contributed by atoms with Gasteiger partial charge in [-0.3, -0.25) is 14.5 Å². The van der Waals surface area contributed by atoms with E-state index in [1.165, 1.54) is 4.90 Å². The molecule has 9 heteroatoms. The number of hydrogen-bond donors (Lipinski definition) is 3. The Bertz CT molecular complexity index is 692. The van der Waals surface area contributed by atoms with Crippen molar-refractivity contribution in [3.8, 4) is 0 Å². The zero-order chi connectivity index (χ0) is 19.8. The molecule has 0 aromatic heterocycles. The van der Waals surface area contributed by atoms with Gasteiger partial charge in [0.25, 0.3) is 0 Å². The van der Waals surface area contributed by atoms with Crippen LogP contribution in [0.3, 0.4) is 0 Å². The molecule has 1 aromatic rings. The highest BCUT2D eigenvalue weighted by atomic mass is 16.6. The number of nitrogens with one attached hydrogen (secondary N) is 1.